The van der Waals surface area contributed by atoms with Gasteiger partial charge in [-0.3, -0.25) is 20.2 Å². The third kappa shape index (κ3) is 26.5. The molecular weight excluding hydrogens is 1640 g/mol. The summed E-state index contributed by atoms with van der Waals surface area (Å²) in [4.78, 5) is 34.8. The zero-order chi connectivity index (χ0) is 96.3. The molecule has 662 valence electrons. The molecule has 10 aromatic carbocycles. The number of hydrogen-bond donors (Lipinski definition) is 16. The van der Waals surface area contributed by atoms with Crippen molar-refractivity contribution >= 4 is 11.4 Å². The Labute approximate surface area is 739 Å². The first-order chi connectivity index (χ1) is 60.6. The number of phenolic OH excluding ortho intramolecular Hbond substituents is 16. The normalized spacial score (nSPS) is 15.2. The van der Waals surface area contributed by atoms with Gasteiger partial charge in [-0.05, 0) is 48.5 Å². The summed E-state index contributed by atoms with van der Waals surface area (Å²) in [6.45, 7) is 22.7. The number of nitriles is 6. The van der Waals surface area contributed by atoms with Gasteiger partial charge in [0.25, 0.3) is 11.4 Å². The zero-order valence-electron chi connectivity index (χ0n) is 72.2. The highest BCUT2D eigenvalue weighted by molar-refractivity contribution is 5.65. The van der Waals surface area contributed by atoms with E-state index < -0.39 is 57.2 Å². The van der Waals surface area contributed by atoms with Gasteiger partial charge >= 0.3 is 0 Å². The quantitative estimate of drug-likeness (QED) is 0.0577. The Kier molecular flexibility index (Phi) is 39.6. The van der Waals surface area contributed by atoms with E-state index in [9.17, 15) is 102 Å². The highest BCUT2D eigenvalue weighted by atomic mass is 16.6. The average Bonchev–Trinajstić information content (AvgIpc) is 0.763. The lowest BCUT2D eigenvalue weighted by Crippen LogP contribution is -2.07. The predicted molar refractivity (Wildman–Crippen MR) is 475 cm³/mol. The van der Waals surface area contributed by atoms with E-state index in [1.807, 2.05) is 0 Å². The summed E-state index contributed by atoms with van der Waals surface area (Å²) in [5, 5.41) is 237. The van der Waals surface area contributed by atoms with Crippen molar-refractivity contribution in [1.29, 1.82) is 31.6 Å². The highest BCUT2D eigenvalue weighted by Gasteiger charge is 2.33. The van der Waals surface area contributed by atoms with Crippen LogP contribution in [0.1, 0.15) is 233 Å². The number of non-ortho nitro benzene ring substituents is 2. The molecule has 0 radical (unpaired) electrons. The van der Waals surface area contributed by atoms with E-state index in [0.29, 0.717) is 89.0 Å². The maximum absolute atomic E-state index is 10.8. The van der Waals surface area contributed by atoms with Crippen LogP contribution in [-0.4, -0.2) is 111 Å². The Morgan fingerprint density at radius 2 is 0.344 bits per heavy atom. The fourth-order valence-electron chi connectivity index (χ4n) is 13.8. The van der Waals surface area contributed by atoms with Crippen molar-refractivity contribution in [2.24, 2.45) is 0 Å². The van der Waals surface area contributed by atoms with Crippen LogP contribution in [-0.2, 0) is 0 Å². The number of para-hydroxylation sites is 2. The van der Waals surface area contributed by atoms with Gasteiger partial charge in [0, 0.05) is 287 Å². The molecule has 16 bridgehead atoms. The highest BCUT2D eigenvalue weighted by Crippen LogP contribution is 2.53. The molecule has 0 saturated carbocycles. The Morgan fingerprint density at radius 3 is 0.438 bits per heavy atom. The summed E-state index contributed by atoms with van der Waals surface area (Å²) in [6.07, 6.45) is 9.90. The molecule has 14 rings (SSSR count). The van der Waals surface area contributed by atoms with Crippen molar-refractivity contribution in [3.63, 3.8) is 0 Å². The lowest BCUT2D eigenvalue weighted by atomic mass is 9.81. The van der Waals surface area contributed by atoms with Gasteiger partial charge in [0.05, 0.1) is 46.3 Å². The van der Waals surface area contributed by atoms with Crippen LogP contribution in [0.3, 0.4) is 0 Å². The van der Waals surface area contributed by atoms with Crippen molar-refractivity contribution in [2.45, 2.75) is 144 Å². The van der Waals surface area contributed by atoms with E-state index in [4.69, 9.17) is 31.6 Å². The lowest BCUT2D eigenvalue weighted by molar-refractivity contribution is -0.385. The van der Waals surface area contributed by atoms with Gasteiger partial charge in [0.15, 0.2) is 0 Å². The van der Waals surface area contributed by atoms with E-state index in [1.54, 1.807) is 202 Å². The number of aromatic nitrogens is 4. The molecule has 0 aliphatic heterocycles. The van der Waals surface area contributed by atoms with Crippen molar-refractivity contribution in [2.75, 3.05) is 0 Å². The number of benzene rings is 10. The molecular formula is C96H98N12O20. The monoisotopic (exact) mass is 1740 g/mol. The van der Waals surface area contributed by atoms with Crippen LogP contribution in [0.2, 0.25) is 0 Å². The molecule has 2 aromatic heterocycles. The average molecular weight is 1740 g/mol. The smallest absolute Gasteiger partial charge is 0.269 e. The summed E-state index contributed by atoms with van der Waals surface area (Å²) >= 11 is 0. The molecule has 2 heterocycles. The molecule has 32 nitrogen and oxygen atoms in total. The Balaban J connectivity index is 0.000000356. The maximum atomic E-state index is 10.8. The molecule has 2 aliphatic carbocycles. The molecule has 12 aromatic rings. The fraction of sp³-hybridized carbons (Fsp3) is 0.229. The van der Waals surface area contributed by atoms with E-state index >= 15 is 0 Å². The molecule has 16 N–H and O–H groups in total. The molecule has 0 fully saturated rings. The zero-order valence-corrected chi connectivity index (χ0v) is 72.2. The molecule has 32 heteroatoms. The minimum atomic E-state index is -0.598. The largest absolute Gasteiger partial charge is 0.508 e. The molecule has 0 spiro atoms. The van der Waals surface area contributed by atoms with Crippen molar-refractivity contribution in [1.82, 2.24) is 19.9 Å². The number of aromatic hydroxyl groups is 16. The minimum absolute atomic E-state index is 0.137. The summed E-state index contributed by atoms with van der Waals surface area (Å²) in [7, 11) is 0. The van der Waals surface area contributed by atoms with Gasteiger partial charge in [0.2, 0.25) is 0 Å². The number of fused-ring (bicyclic) bond motifs is 16. The third-order valence-corrected chi connectivity index (χ3v) is 20.3. The molecule has 0 amide bonds. The number of hydrogen-bond acceptors (Lipinski definition) is 30. The number of phenols is 16. The number of rotatable bonds is 3. The first-order valence-corrected chi connectivity index (χ1v) is 38.9. The molecule has 0 unspecified atom stereocenters. The van der Waals surface area contributed by atoms with Gasteiger partial charge in [-0.1, -0.05) is 91.8 Å². The maximum Gasteiger partial charge on any atom is 0.269 e. The van der Waals surface area contributed by atoms with Crippen molar-refractivity contribution in [3.05, 3.63) is 304 Å². The topological polar surface area (TPSA) is 604 Å². The van der Waals surface area contributed by atoms with Gasteiger partial charge in [0.1, 0.15) is 105 Å². The predicted octanol–water partition coefficient (Wildman–Crippen LogP) is 19.8. The van der Waals surface area contributed by atoms with Crippen LogP contribution >= 0.6 is 0 Å². The van der Waals surface area contributed by atoms with E-state index in [-0.39, 0.29) is 103 Å². The summed E-state index contributed by atoms with van der Waals surface area (Å²) in [5.41, 5.74) is 8.47. The van der Waals surface area contributed by atoms with E-state index in [0.717, 1.165) is 11.1 Å². The first kappa shape index (κ1) is 103. The van der Waals surface area contributed by atoms with Crippen LogP contribution in [0.15, 0.2) is 195 Å². The molecule has 2 aliphatic rings. The van der Waals surface area contributed by atoms with E-state index in [1.165, 1.54) is 127 Å². The van der Waals surface area contributed by atoms with Crippen molar-refractivity contribution < 1.29 is 91.6 Å². The minimum Gasteiger partial charge on any atom is -0.508 e. The van der Waals surface area contributed by atoms with Gasteiger partial charge in [-0.25, -0.2) is 19.9 Å². The molecule has 128 heavy (non-hydrogen) atoms. The van der Waals surface area contributed by atoms with Crippen LogP contribution in [0.5, 0.6) is 92.0 Å². The second-order valence-corrected chi connectivity index (χ2v) is 28.3. The number of nitrogens with zero attached hydrogens (tertiary/aromatic N) is 12. The summed E-state index contributed by atoms with van der Waals surface area (Å²) < 4.78 is 0. The van der Waals surface area contributed by atoms with Crippen LogP contribution < -0.4 is 0 Å². The molecule has 0 atom stereocenters. The second-order valence-electron chi connectivity index (χ2n) is 28.3. The van der Waals surface area contributed by atoms with Gasteiger partial charge < -0.3 is 81.7 Å². The van der Waals surface area contributed by atoms with Crippen LogP contribution in [0, 0.1) is 88.2 Å². The second kappa shape index (κ2) is 49.1. The fourth-order valence-corrected chi connectivity index (χ4v) is 13.8. The van der Waals surface area contributed by atoms with Gasteiger partial charge in [-0.2, -0.15) is 31.6 Å². The van der Waals surface area contributed by atoms with Gasteiger partial charge in [-0.15, -0.1) is 0 Å². The van der Waals surface area contributed by atoms with Crippen LogP contribution in [0.4, 0.5) is 11.4 Å². The standard InChI is InChI=1S/2C32H32O8.C8H6N4.2C6H5NO2.6C2H3N/c2*1-13-17-5-19(27(35)9-25(17)33)14(2)21-7-23(31(39)11-29(21)37)16(4)24-8-22(30(38)12-32(24)40)15(3)20-6-18(13)26(34)10-28(20)36;1-7(2-10-5-9-1)8-3-11-6-12-4-8;2*8-7(9)6-4-2-1-3-5-6;6*1-2-3/h2*5-16,33-40H,1-4H3;1-6H;2*1-5H;6*1H3. The number of nitro groups is 2. The molecule has 0 saturated heterocycles. The SMILES string of the molecule is CC#N.CC#N.CC#N.CC#N.CC#N.CC#N.CC1c2cc(c(O)cc2O)C(C)c2cc(c(O)cc2O)C(C)c2cc(c(O)cc2O)C(C)c2cc1c(O)cc2O.CC1c2cc(c(O)cc2O)C(C)c2cc(c(O)cc2O)C(C)c2cc(c(O)cc2O)C(C)c2cc1c(O)cc2O.O=[N+]([O-])c1ccccc1.O=[N+]([O-])c1ccccc1.c1ncc(-c2cncnc2)cn1. The first-order valence-electron chi connectivity index (χ1n) is 38.9. The lowest BCUT2D eigenvalue weighted by Gasteiger charge is -2.25. The Morgan fingerprint density at radius 1 is 0.234 bits per heavy atom. The summed E-state index contributed by atoms with van der Waals surface area (Å²) in [5.74, 6) is -7.98. The third-order valence-electron chi connectivity index (χ3n) is 20.3. The van der Waals surface area contributed by atoms with Crippen LogP contribution in [0.25, 0.3) is 11.1 Å². The summed E-state index contributed by atoms with van der Waals surface area (Å²) in [6, 6.07) is 48.9. The Bertz CT molecular complexity index is 4970. The number of nitro benzene ring substituents is 2. The Hall–Kier alpha value is -17.1. The van der Waals surface area contributed by atoms with Crippen molar-refractivity contribution in [3.8, 4) is 140 Å². The van der Waals surface area contributed by atoms with E-state index in [2.05, 4.69) is 19.9 Å².